The molecule has 0 unspecified atom stereocenters. The fraction of sp³-hybridized carbons (Fsp3) is 0.348. The van der Waals surface area contributed by atoms with E-state index in [1.807, 2.05) is 11.8 Å². The molecular formula is C23H23N5O6S2. The molecule has 2 aromatic rings. The number of nitrogens with zero attached hydrogens (tertiary/aromatic N) is 4. The minimum Gasteiger partial charge on any atom is -0.364 e. The molecule has 36 heavy (non-hydrogen) atoms. The van der Waals surface area contributed by atoms with Crippen LogP contribution in [0.1, 0.15) is 11.1 Å². The van der Waals surface area contributed by atoms with Gasteiger partial charge in [-0.3, -0.25) is 24.6 Å². The third kappa shape index (κ3) is 3.49. The van der Waals surface area contributed by atoms with E-state index < -0.39 is 38.2 Å². The van der Waals surface area contributed by atoms with Crippen molar-refractivity contribution in [3.8, 4) is 0 Å². The first-order valence-corrected chi connectivity index (χ1v) is 13.1. The van der Waals surface area contributed by atoms with Crippen molar-refractivity contribution in [2.75, 3.05) is 31.6 Å². The highest BCUT2D eigenvalue weighted by atomic mass is 32.2. The fourth-order valence-corrected chi connectivity index (χ4v) is 6.92. The highest BCUT2D eigenvalue weighted by molar-refractivity contribution is 7.89. The number of amides is 2. The standard InChI is InChI=1S/C23H23N5O6S2/c1-14-3-6-17(7-4-14)36(33,34)26-9-10-27-18-8-5-16(28(31)32)11-15(18)12-23(19(27)13-26)20(29)24-22(35)25(2)21(23)30/h3-8,11,19H,9-10,12-13H2,1-2H3,(H,24,29,35)/t19-,23-/m0/s1. The Kier molecular flexibility index (Phi) is 5.61. The highest BCUT2D eigenvalue weighted by Crippen LogP contribution is 2.46. The summed E-state index contributed by atoms with van der Waals surface area (Å²) < 4.78 is 28.3. The quantitative estimate of drug-likeness (QED) is 0.271. The number of nitro groups is 1. The molecule has 3 aliphatic heterocycles. The normalized spacial score (nSPS) is 24.4. The molecule has 11 nitrogen and oxygen atoms in total. The Balaban J connectivity index is 1.63. The number of aryl methyl sites for hydroxylation is 1. The Hall–Kier alpha value is -3.42. The number of sulfonamides is 1. The number of fused-ring (bicyclic) bond motifs is 4. The van der Waals surface area contributed by atoms with Crippen LogP contribution in [0.3, 0.4) is 0 Å². The maximum atomic E-state index is 13.7. The summed E-state index contributed by atoms with van der Waals surface area (Å²) in [5, 5.41) is 13.9. The first-order valence-electron chi connectivity index (χ1n) is 11.2. The van der Waals surface area contributed by atoms with Gasteiger partial charge in [-0.05, 0) is 42.9 Å². The van der Waals surface area contributed by atoms with Gasteiger partial charge in [0.1, 0.15) is 0 Å². The number of nitro benzene ring substituents is 1. The Labute approximate surface area is 212 Å². The molecule has 0 bridgehead atoms. The molecular weight excluding hydrogens is 506 g/mol. The summed E-state index contributed by atoms with van der Waals surface area (Å²) >= 11 is 5.14. The zero-order valence-electron chi connectivity index (χ0n) is 19.5. The van der Waals surface area contributed by atoms with Crippen LogP contribution in [-0.4, -0.2) is 72.2 Å². The molecule has 1 spiro atoms. The summed E-state index contributed by atoms with van der Waals surface area (Å²) in [6.07, 6.45) is -0.124. The van der Waals surface area contributed by atoms with Crippen LogP contribution in [-0.2, 0) is 26.0 Å². The topological polar surface area (TPSA) is 133 Å². The SMILES string of the molecule is Cc1ccc(S(=O)(=O)N2CCN3c4ccc([N+](=O)[O-])cc4C[C@@]4(C(=O)NC(=S)N(C)C4=O)[C@@H]3C2)cc1. The van der Waals surface area contributed by atoms with E-state index in [1.165, 1.54) is 40.5 Å². The lowest BCUT2D eigenvalue weighted by Gasteiger charge is -2.55. The molecule has 0 aromatic heterocycles. The van der Waals surface area contributed by atoms with Gasteiger partial charge in [0.15, 0.2) is 10.5 Å². The molecule has 0 radical (unpaired) electrons. The van der Waals surface area contributed by atoms with Crippen LogP contribution in [0, 0.1) is 22.5 Å². The smallest absolute Gasteiger partial charge is 0.269 e. The first kappa shape index (κ1) is 24.3. The van der Waals surface area contributed by atoms with E-state index in [4.69, 9.17) is 12.2 Å². The van der Waals surface area contributed by atoms with Gasteiger partial charge in [0, 0.05) is 50.9 Å². The molecule has 3 aliphatic rings. The average Bonchev–Trinajstić information content (AvgIpc) is 2.85. The van der Waals surface area contributed by atoms with Crippen LogP contribution in [0.15, 0.2) is 47.4 Å². The molecule has 2 amide bonds. The van der Waals surface area contributed by atoms with Crippen LogP contribution in [0.25, 0.3) is 0 Å². The molecule has 2 aromatic carbocycles. The van der Waals surface area contributed by atoms with Crippen molar-refractivity contribution < 1.29 is 22.9 Å². The maximum Gasteiger partial charge on any atom is 0.269 e. The van der Waals surface area contributed by atoms with Gasteiger partial charge in [-0.1, -0.05) is 17.7 Å². The average molecular weight is 530 g/mol. The summed E-state index contributed by atoms with van der Waals surface area (Å²) in [4.78, 5) is 41.2. The van der Waals surface area contributed by atoms with Crippen molar-refractivity contribution in [1.82, 2.24) is 14.5 Å². The molecule has 2 fully saturated rings. The molecule has 188 valence electrons. The van der Waals surface area contributed by atoms with Crippen LogP contribution in [0.5, 0.6) is 0 Å². The summed E-state index contributed by atoms with van der Waals surface area (Å²) in [5.74, 6) is -1.21. The lowest BCUT2D eigenvalue weighted by molar-refractivity contribution is -0.384. The van der Waals surface area contributed by atoms with E-state index in [1.54, 1.807) is 18.2 Å². The predicted octanol–water partition coefficient (Wildman–Crippen LogP) is 1.20. The summed E-state index contributed by atoms with van der Waals surface area (Å²) in [5.41, 5.74) is 0.149. The van der Waals surface area contributed by atoms with E-state index in [0.29, 0.717) is 11.3 Å². The minimum absolute atomic E-state index is 0.0491. The lowest BCUT2D eigenvalue weighted by atomic mass is 9.68. The molecule has 13 heteroatoms. The van der Waals surface area contributed by atoms with Gasteiger partial charge in [-0.25, -0.2) is 8.42 Å². The monoisotopic (exact) mass is 529 g/mol. The number of anilines is 1. The molecule has 1 N–H and O–H groups in total. The molecule has 0 aliphatic carbocycles. The second-order valence-electron chi connectivity index (χ2n) is 9.23. The van der Waals surface area contributed by atoms with Gasteiger partial charge in [0.2, 0.25) is 21.8 Å². The first-order chi connectivity index (χ1) is 17.0. The molecule has 2 saturated heterocycles. The van der Waals surface area contributed by atoms with Crippen molar-refractivity contribution in [3.63, 3.8) is 0 Å². The Morgan fingerprint density at radius 1 is 1.14 bits per heavy atom. The number of non-ortho nitro benzene ring substituents is 1. The Bertz CT molecular complexity index is 1430. The van der Waals surface area contributed by atoms with E-state index in [-0.39, 0.29) is 41.8 Å². The van der Waals surface area contributed by atoms with Gasteiger partial charge < -0.3 is 10.2 Å². The van der Waals surface area contributed by atoms with Crippen LogP contribution < -0.4 is 10.2 Å². The molecule has 0 saturated carbocycles. The summed E-state index contributed by atoms with van der Waals surface area (Å²) in [6.45, 7) is 2.05. The van der Waals surface area contributed by atoms with E-state index in [2.05, 4.69) is 5.32 Å². The zero-order chi connectivity index (χ0) is 26.0. The number of thiocarbonyl (C=S) groups is 1. The van der Waals surface area contributed by atoms with Gasteiger partial charge in [-0.2, -0.15) is 4.31 Å². The predicted molar refractivity (Wildman–Crippen MR) is 134 cm³/mol. The van der Waals surface area contributed by atoms with Crippen LogP contribution in [0.2, 0.25) is 0 Å². The lowest BCUT2D eigenvalue weighted by Crippen LogP contribution is -2.74. The van der Waals surface area contributed by atoms with Crippen LogP contribution >= 0.6 is 12.2 Å². The number of nitrogens with one attached hydrogen (secondary N) is 1. The molecule has 2 atom stereocenters. The number of hydrogen-bond donors (Lipinski definition) is 1. The van der Waals surface area contributed by atoms with Crippen molar-refractivity contribution in [2.45, 2.75) is 24.3 Å². The van der Waals surface area contributed by atoms with Crippen molar-refractivity contribution in [2.24, 2.45) is 5.41 Å². The van der Waals surface area contributed by atoms with E-state index >= 15 is 0 Å². The number of rotatable bonds is 3. The molecule has 3 heterocycles. The van der Waals surface area contributed by atoms with Crippen LogP contribution in [0.4, 0.5) is 11.4 Å². The fourth-order valence-electron chi connectivity index (χ4n) is 5.30. The number of piperazine rings is 1. The van der Waals surface area contributed by atoms with Gasteiger partial charge in [0.25, 0.3) is 5.69 Å². The third-order valence-corrected chi connectivity index (χ3v) is 9.50. The Morgan fingerprint density at radius 2 is 1.83 bits per heavy atom. The zero-order valence-corrected chi connectivity index (χ0v) is 21.1. The van der Waals surface area contributed by atoms with Gasteiger partial charge in [-0.15, -0.1) is 0 Å². The van der Waals surface area contributed by atoms with E-state index in [0.717, 1.165) is 5.56 Å². The number of benzene rings is 2. The highest BCUT2D eigenvalue weighted by Gasteiger charge is 2.62. The van der Waals surface area contributed by atoms with Gasteiger partial charge in [0.05, 0.1) is 15.9 Å². The second kappa shape index (κ2) is 8.32. The number of carbonyl (C=O) groups is 2. The van der Waals surface area contributed by atoms with Crippen molar-refractivity contribution in [3.05, 3.63) is 63.7 Å². The molecule has 5 rings (SSSR count). The van der Waals surface area contributed by atoms with Crippen molar-refractivity contribution >= 4 is 50.5 Å². The van der Waals surface area contributed by atoms with Crippen molar-refractivity contribution in [1.29, 1.82) is 0 Å². The number of carbonyl (C=O) groups excluding carboxylic acids is 2. The minimum atomic E-state index is -3.90. The maximum absolute atomic E-state index is 13.7. The third-order valence-electron chi connectivity index (χ3n) is 7.24. The second-order valence-corrected chi connectivity index (χ2v) is 11.6. The van der Waals surface area contributed by atoms with Gasteiger partial charge >= 0.3 is 0 Å². The summed E-state index contributed by atoms with van der Waals surface area (Å²) in [6, 6.07) is 9.98. The largest absolute Gasteiger partial charge is 0.364 e. The van der Waals surface area contributed by atoms with E-state index in [9.17, 15) is 28.1 Å². The number of hydrogen-bond acceptors (Lipinski definition) is 8. The Morgan fingerprint density at radius 3 is 2.50 bits per heavy atom. The summed E-state index contributed by atoms with van der Waals surface area (Å²) in [7, 11) is -2.46.